The summed E-state index contributed by atoms with van der Waals surface area (Å²) < 4.78 is 24.8. The largest absolute Gasteiger partial charge is 0.503 e. The van der Waals surface area contributed by atoms with Gasteiger partial charge in [-0.25, -0.2) is 0 Å². The SMILES string of the molecule is CN(C)[Si](C)(F)F. The second-order valence-corrected chi connectivity index (χ2v) is 4.31. The topological polar surface area (TPSA) is 3.24 Å². The Hall–Kier alpha value is 0.0369. The highest BCUT2D eigenvalue weighted by Gasteiger charge is 2.30. The highest BCUT2D eigenvalue weighted by molar-refractivity contribution is 6.61. The summed E-state index contributed by atoms with van der Waals surface area (Å²) in [5.41, 5.74) is 0. The van der Waals surface area contributed by atoms with Gasteiger partial charge in [0.25, 0.3) is 0 Å². The second kappa shape index (κ2) is 1.88. The van der Waals surface area contributed by atoms with Crippen molar-refractivity contribution < 1.29 is 8.22 Å². The fourth-order valence-corrected chi connectivity index (χ4v) is 0. The quantitative estimate of drug-likeness (QED) is 0.374. The van der Waals surface area contributed by atoms with Crippen molar-refractivity contribution in [2.45, 2.75) is 6.55 Å². The first-order valence-corrected chi connectivity index (χ1v) is 4.20. The summed E-state index contributed by atoms with van der Waals surface area (Å²) in [6.07, 6.45) is 0. The van der Waals surface area contributed by atoms with E-state index in [1.807, 2.05) is 0 Å². The molecular formula is C3H9F2NSi. The predicted octanol–water partition coefficient (Wildman–Crippen LogP) is 1.06. The Bertz CT molecular complexity index is 58.4. The third-order valence-corrected chi connectivity index (χ3v) is 2.36. The summed E-state index contributed by atoms with van der Waals surface area (Å²) >= 11 is 0. The van der Waals surface area contributed by atoms with Crippen LogP contribution in [0, 0.1) is 0 Å². The first kappa shape index (κ1) is 7.04. The van der Waals surface area contributed by atoms with Crippen molar-refractivity contribution >= 4 is 8.90 Å². The normalized spacial score (nSPS) is 12.9. The average Bonchev–Trinajstić information content (AvgIpc) is 1.31. The zero-order valence-corrected chi connectivity index (χ0v) is 5.70. The smallest absolute Gasteiger partial charge is 0.279 e. The van der Waals surface area contributed by atoms with Crippen molar-refractivity contribution in [1.29, 1.82) is 0 Å². The van der Waals surface area contributed by atoms with Crippen LogP contribution >= 0.6 is 0 Å². The van der Waals surface area contributed by atoms with Gasteiger partial charge in [-0.2, -0.15) is 0 Å². The Morgan fingerprint density at radius 3 is 1.43 bits per heavy atom. The van der Waals surface area contributed by atoms with Gasteiger partial charge in [-0.05, 0) is 14.1 Å². The molecule has 0 fully saturated rings. The number of hydrogen-bond acceptors (Lipinski definition) is 1. The standard InChI is InChI=1S/C3H9F2NSi/c1-6(2)7(3,4)5/h1-3H3. The molecule has 7 heavy (non-hydrogen) atoms. The van der Waals surface area contributed by atoms with E-state index < -0.39 is 8.90 Å². The van der Waals surface area contributed by atoms with Crippen LogP contribution in [0.2, 0.25) is 6.55 Å². The van der Waals surface area contributed by atoms with E-state index >= 15 is 0 Å². The molecule has 0 bridgehead atoms. The van der Waals surface area contributed by atoms with Gasteiger partial charge < -0.3 is 0 Å². The number of hydrogen-bond donors (Lipinski definition) is 0. The van der Waals surface area contributed by atoms with Crippen LogP contribution in [0.5, 0.6) is 0 Å². The van der Waals surface area contributed by atoms with Gasteiger partial charge in [0, 0.05) is 6.55 Å². The van der Waals surface area contributed by atoms with E-state index in [2.05, 4.69) is 0 Å². The molecule has 0 N–H and O–H groups in total. The van der Waals surface area contributed by atoms with E-state index in [1.54, 1.807) is 0 Å². The Morgan fingerprint density at radius 2 is 1.43 bits per heavy atom. The van der Waals surface area contributed by atoms with Crippen molar-refractivity contribution in [3.05, 3.63) is 0 Å². The molecule has 0 spiro atoms. The molecule has 44 valence electrons. The molecule has 0 aromatic rings. The first-order valence-electron chi connectivity index (χ1n) is 2.00. The maximum atomic E-state index is 11.9. The second-order valence-electron chi connectivity index (χ2n) is 1.74. The minimum absolute atomic E-state index is 0.993. The Morgan fingerprint density at radius 1 is 1.29 bits per heavy atom. The first-order chi connectivity index (χ1) is 2.94. The van der Waals surface area contributed by atoms with Gasteiger partial charge in [-0.1, -0.05) is 0 Å². The number of rotatable bonds is 1. The Balaban J connectivity index is 3.54. The third kappa shape index (κ3) is 2.70. The van der Waals surface area contributed by atoms with E-state index in [9.17, 15) is 8.22 Å². The van der Waals surface area contributed by atoms with Crippen LogP contribution in [-0.4, -0.2) is 27.6 Å². The van der Waals surface area contributed by atoms with Crippen molar-refractivity contribution in [2.24, 2.45) is 0 Å². The Labute approximate surface area is 43.4 Å². The summed E-state index contributed by atoms with van der Waals surface area (Å²) in [6.45, 7) is 0.993. The van der Waals surface area contributed by atoms with Gasteiger partial charge >= 0.3 is 8.90 Å². The van der Waals surface area contributed by atoms with Crippen LogP contribution in [0.25, 0.3) is 0 Å². The van der Waals surface area contributed by atoms with Gasteiger partial charge in [0.2, 0.25) is 0 Å². The lowest BCUT2D eigenvalue weighted by atomic mass is 11.3. The van der Waals surface area contributed by atoms with E-state index in [0.29, 0.717) is 0 Å². The zero-order chi connectivity index (χ0) is 6.08. The molecule has 0 amide bonds. The molecule has 0 saturated heterocycles. The predicted molar refractivity (Wildman–Crippen MR) is 27.5 cm³/mol. The van der Waals surface area contributed by atoms with Gasteiger partial charge in [-0.3, -0.25) is 12.8 Å². The molecular weight excluding hydrogens is 116 g/mol. The molecule has 0 aromatic carbocycles. The summed E-state index contributed by atoms with van der Waals surface area (Å²) in [4.78, 5) is 0. The van der Waals surface area contributed by atoms with Crippen LogP contribution in [0.15, 0.2) is 0 Å². The molecule has 0 atom stereocenters. The third-order valence-electron chi connectivity index (χ3n) is 0.785. The molecule has 0 aliphatic heterocycles. The van der Waals surface area contributed by atoms with Crippen molar-refractivity contribution in [1.82, 2.24) is 4.57 Å². The van der Waals surface area contributed by atoms with Crippen LogP contribution < -0.4 is 0 Å². The molecule has 0 aliphatic rings. The fraction of sp³-hybridized carbons (Fsp3) is 1.00. The van der Waals surface area contributed by atoms with Crippen LogP contribution in [0.1, 0.15) is 0 Å². The fourth-order valence-electron chi connectivity index (χ4n) is 0. The van der Waals surface area contributed by atoms with Crippen LogP contribution in [0.3, 0.4) is 0 Å². The Kier molecular flexibility index (Phi) is 1.89. The summed E-state index contributed by atoms with van der Waals surface area (Å²) in [5.74, 6) is 0. The monoisotopic (exact) mass is 125 g/mol. The zero-order valence-electron chi connectivity index (χ0n) is 4.70. The summed E-state index contributed by atoms with van der Waals surface area (Å²) in [7, 11) is -1.11. The maximum absolute atomic E-state index is 11.9. The van der Waals surface area contributed by atoms with Crippen molar-refractivity contribution in [3.8, 4) is 0 Å². The molecule has 0 unspecified atom stereocenters. The van der Waals surface area contributed by atoms with Gasteiger partial charge in [0.05, 0.1) is 0 Å². The van der Waals surface area contributed by atoms with E-state index in [1.165, 1.54) is 14.1 Å². The lowest BCUT2D eigenvalue weighted by molar-refractivity contribution is 0.442. The molecule has 4 heteroatoms. The van der Waals surface area contributed by atoms with E-state index in [0.717, 1.165) is 11.1 Å². The highest BCUT2D eigenvalue weighted by Crippen LogP contribution is 2.06. The number of halogens is 2. The molecule has 0 rings (SSSR count). The van der Waals surface area contributed by atoms with Gasteiger partial charge in [0.15, 0.2) is 0 Å². The average molecular weight is 125 g/mol. The number of nitrogens with zero attached hydrogens (tertiary/aromatic N) is 1. The van der Waals surface area contributed by atoms with Crippen LogP contribution in [-0.2, 0) is 0 Å². The minimum Gasteiger partial charge on any atom is -0.279 e. The molecule has 1 nitrogen and oxygen atoms in total. The molecule has 0 heterocycles. The van der Waals surface area contributed by atoms with E-state index in [4.69, 9.17) is 0 Å². The van der Waals surface area contributed by atoms with Crippen LogP contribution in [0.4, 0.5) is 8.22 Å². The highest BCUT2D eigenvalue weighted by atomic mass is 28.4. The molecule has 0 saturated carbocycles. The summed E-state index contributed by atoms with van der Waals surface area (Å²) in [6, 6.07) is 0. The maximum Gasteiger partial charge on any atom is 0.503 e. The van der Waals surface area contributed by atoms with Crippen molar-refractivity contribution in [3.63, 3.8) is 0 Å². The van der Waals surface area contributed by atoms with E-state index in [-0.39, 0.29) is 0 Å². The minimum atomic E-state index is -3.90. The molecule has 0 aliphatic carbocycles. The lowest BCUT2D eigenvalue weighted by Crippen LogP contribution is -2.37. The molecule has 0 aromatic heterocycles. The van der Waals surface area contributed by atoms with Crippen molar-refractivity contribution in [2.75, 3.05) is 14.1 Å². The lowest BCUT2D eigenvalue weighted by Gasteiger charge is -2.13. The molecule has 0 radical (unpaired) electrons. The van der Waals surface area contributed by atoms with Gasteiger partial charge in [-0.15, -0.1) is 0 Å². The van der Waals surface area contributed by atoms with Gasteiger partial charge in [0.1, 0.15) is 0 Å². The summed E-state index contributed by atoms with van der Waals surface area (Å²) in [5, 5.41) is 0.